The zero-order chi connectivity index (χ0) is 14.0. The molecule has 1 aromatic heterocycles. The Morgan fingerprint density at radius 2 is 1.75 bits per heavy atom. The molecule has 0 radical (unpaired) electrons. The molecule has 1 saturated carbocycles. The van der Waals surface area contributed by atoms with Crippen molar-refractivity contribution in [3.8, 4) is 0 Å². The van der Waals surface area contributed by atoms with Gasteiger partial charge in [0.15, 0.2) is 0 Å². The Labute approximate surface area is 120 Å². The molecule has 1 N–H and O–H groups in total. The molecular weight excluding hydrogens is 246 g/mol. The Morgan fingerprint density at radius 1 is 1.10 bits per heavy atom. The van der Waals surface area contributed by atoms with Gasteiger partial charge in [0.2, 0.25) is 0 Å². The fraction of sp³-hybridized carbons (Fsp3) is 0.412. The van der Waals surface area contributed by atoms with Crippen LogP contribution >= 0.6 is 0 Å². The second-order valence-electron chi connectivity index (χ2n) is 5.90. The monoisotopic (exact) mass is 267 g/mol. The summed E-state index contributed by atoms with van der Waals surface area (Å²) in [6.07, 6.45) is 6.22. The normalized spacial score (nSPS) is 16.4. The van der Waals surface area contributed by atoms with Crippen molar-refractivity contribution < 1.29 is 0 Å². The summed E-state index contributed by atoms with van der Waals surface area (Å²) >= 11 is 0. The topological polar surface area (TPSA) is 37.8 Å². The zero-order valence-corrected chi connectivity index (χ0v) is 12.1. The molecule has 2 aromatic rings. The Kier molecular flexibility index (Phi) is 3.53. The predicted octanol–water partition coefficient (Wildman–Crippen LogP) is 3.05. The SMILES string of the molecule is CC(C)NCc1cnc(C2(c3ccccc3)CC2)nc1. The van der Waals surface area contributed by atoms with Crippen molar-refractivity contribution in [2.24, 2.45) is 0 Å². The van der Waals surface area contributed by atoms with E-state index in [1.165, 1.54) is 5.56 Å². The van der Waals surface area contributed by atoms with Gasteiger partial charge in [0.1, 0.15) is 5.82 Å². The molecule has 0 bridgehead atoms. The van der Waals surface area contributed by atoms with E-state index < -0.39 is 0 Å². The van der Waals surface area contributed by atoms with Crippen molar-refractivity contribution in [2.45, 2.75) is 44.7 Å². The van der Waals surface area contributed by atoms with Gasteiger partial charge in [-0.05, 0) is 18.4 Å². The fourth-order valence-corrected chi connectivity index (χ4v) is 2.54. The van der Waals surface area contributed by atoms with E-state index in [4.69, 9.17) is 0 Å². The van der Waals surface area contributed by atoms with Crippen molar-refractivity contribution in [3.05, 3.63) is 59.7 Å². The van der Waals surface area contributed by atoms with Crippen molar-refractivity contribution in [3.63, 3.8) is 0 Å². The van der Waals surface area contributed by atoms with Crippen LogP contribution in [0.3, 0.4) is 0 Å². The average molecular weight is 267 g/mol. The molecule has 0 spiro atoms. The van der Waals surface area contributed by atoms with Gasteiger partial charge in [0, 0.05) is 30.5 Å². The van der Waals surface area contributed by atoms with Crippen molar-refractivity contribution in [1.82, 2.24) is 15.3 Å². The summed E-state index contributed by atoms with van der Waals surface area (Å²) in [5.74, 6) is 0.969. The van der Waals surface area contributed by atoms with Crippen LogP contribution in [0.4, 0.5) is 0 Å². The lowest BCUT2D eigenvalue weighted by Gasteiger charge is -2.14. The number of aromatic nitrogens is 2. The number of nitrogens with one attached hydrogen (secondary N) is 1. The minimum Gasteiger partial charge on any atom is -0.310 e. The minimum absolute atomic E-state index is 0.0747. The van der Waals surface area contributed by atoms with Crippen molar-refractivity contribution >= 4 is 0 Å². The molecule has 1 fully saturated rings. The lowest BCUT2D eigenvalue weighted by Crippen LogP contribution is -2.22. The van der Waals surface area contributed by atoms with Crippen LogP contribution in [0.1, 0.15) is 43.6 Å². The maximum atomic E-state index is 4.62. The quantitative estimate of drug-likeness (QED) is 0.904. The van der Waals surface area contributed by atoms with Gasteiger partial charge >= 0.3 is 0 Å². The van der Waals surface area contributed by atoms with Gasteiger partial charge < -0.3 is 5.32 Å². The largest absolute Gasteiger partial charge is 0.310 e. The number of nitrogens with zero attached hydrogens (tertiary/aromatic N) is 2. The van der Waals surface area contributed by atoms with Gasteiger partial charge in [-0.25, -0.2) is 9.97 Å². The number of hydrogen-bond donors (Lipinski definition) is 1. The van der Waals surface area contributed by atoms with Crippen LogP contribution in [-0.2, 0) is 12.0 Å². The molecule has 1 aliphatic carbocycles. The Hall–Kier alpha value is -1.74. The standard InChI is InChI=1S/C17H21N3/c1-13(2)18-10-14-11-19-16(20-12-14)17(8-9-17)15-6-4-3-5-7-15/h3-7,11-13,18H,8-10H2,1-2H3. The van der Waals surface area contributed by atoms with E-state index in [9.17, 15) is 0 Å². The Balaban J connectivity index is 1.78. The zero-order valence-electron chi connectivity index (χ0n) is 12.1. The first-order valence-corrected chi connectivity index (χ1v) is 7.31. The van der Waals surface area contributed by atoms with Gasteiger partial charge in [-0.3, -0.25) is 0 Å². The summed E-state index contributed by atoms with van der Waals surface area (Å²) in [5, 5.41) is 3.39. The van der Waals surface area contributed by atoms with Crippen molar-refractivity contribution in [1.29, 1.82) is 0 Å². The molecular formula is C17H21N3. The van der Waals surface area contributed by atoms with Crippen LogP contribution in [-0.4, -0.2) is 16.0 Å². The molecule has 0 aliphatic heterocycles. The molecule has 0 unspecified atom stereocenters. The second kappa shape index (κ2) is 5.33. The maximum Gasteiger partial charge on any atom is 0.138 e. The predicted molar refractivity (Wildman–Crippen MR) is 80.5 cm³/mol. The van der Waals surface area contributed by atoms with E-state index in [0.717, 1.165) is 30.8 Å². The second-order valence-corrected chi connectivity index (χ2v) is 5.90. The van der Waals surface area contributed by atoms with Gasteiger partial charge in [-0.2, -0.15) is 0 Å². The van der Waals surface area contributed by atoms with E-state index in [-0.39, 0.29) is 5.41 Å². The minimum atomic E-state index is 0.0747. The molecule has 3 rings (SSSR count). The summed E-state index contributed by atoms with van der Waals surface area (Å²) in [5.41, 5.74) is 2.56. The van der Waals surface area contributed by atoms with Crippen LogP contribution in [0, 0.1) is 0 Å². The molecule has 1 heterocycles. The van der Waals surface area contributed by atoms with Crippen LogP contribution in [0.25, 0.3) is 0 Å². The molecule has 0 amide bonds. The first-order chi connectivity index (χ1) is 9.71. The highest BCUT2D eigenvalue weighted by molar-refractivity contribution is 5.39. The van der Waals surface area contributed by atoms with E-state index >= 15 is 0 Å². The summed E-state index contributed by atoms with van der Waals surface area (Å²) in [6, 6.07) is 11.1. The lowest BCUT2D eigenvalue weighted by molar-refractivity contribution is 0.585. The molecule has 0 atom stereocenters. The summed E-state index contributed by atoms with van der Waals surface area (Å²) in [4.78, 5) is 9.23. The Morgan fingerprint density at radius 3 is 2.30 bits per heavy atom. The third-order valence-corrected chi connectivity index (χ3v) is 3.92. The van der Waals surface area contributed by atoms with E-state index in [1.807, 2.05) is 12.4 Å². The average Bonchev–Trinajstić information content (AvgIpc) is 3.28. The first-order valence-electron chi connectivity index (χ1n) is 7.31. The molecule has 3 nitrogen and oxygen atoms in total. The van der Waals surface area contributed by atoms with Crippen LogP contribution < -0.4 is 5.32 Å². The van der Waals surface area contributed by atoms with Crippen LogP contribution in [0.2, 0.25) is 0 Å². The van der Waals surface area contributed by atoms with Gasteiger partial charge in [0.25, 0.3) is 0 Å². The molecule has 104 valence electrons. The van der Waals surface area contributed by atoms with Crippen LogP contribution in [0.15, 0.2) is 42.7 Å². The maximum absolute atomic E-state index is 4.62. The van der Waals surface area contributed by atoms with Gasteiger partial charge in [-0.15, -0.1) is 0 Å². The molecule has 1 aliphatic rings. The highest BCUT2D eigenvalue weighted by Crippen LogP contribution is 2.51. The van der Waals surface area contributed by atoms with Gasteiger partial charge in [0.05, 0.1) is 5.41 Å². The summed E-state index contributed by atoms with van der Waals surface area (Å²) in [7, 11) is 0. The van der Waals surface area contributed by atoms with Crippen molar-refractivity contribution in [2.75, 3.05) is 0 Å². The molecule has 20 heavy (non-hydrogen) atoms. The van der Waals surface area contributed by atoms with E-state index in [0.29, 0.717) is 6.04 Å². The number of rotatable bonds is 5. The molecule has 3 heteroatoms. The first kappa shape index (κ1) is 13.3. The van der Waals surface area contributed by atoms with E-state index in [2.05, 4.69) is 59.5 Å². The van der Waals surface area contributed by atoms with E-state index in [1.54, 1.807) is 0 Å². The van der Waals surface area contributed by atoms with Gasteiger partial charge in [-0.1, -0.05) is 44.2 Å². The number of hydrogen-bond acceptors (Lipinski definition) is 3. The fourth-order valence-electron chi connectivity index (χ4n) is 2.54. The van der Waals surface area contributed by atoms with Crippen LogP contribution in [0.5, 0.6) is 0 Å². The third-order valence-electron chi connectivity index (χ3n) is 3.92. The number of benzene rings is 1. The highest BCUT2D eigenvalue weighted by Gasteiger charge is 2.48. The third kappa shape index (κ3) is 2.59. The molecule has 0 saturated heterocycles. The summed E-state index contributed by atoms with van der Waals surface area (Å²) < 4.78 is 0. The smallest absolute Gasteiger partial charge is 0.138 e. The lowest BCUT2D eigenvalue weighted by atomic mass is 9.95. The molecule has 1 aromatic carbocycles. The Bertz CT molecular complexity index is 557. The highest BCUT2D eigenvalue weighted by atomic mass is 14.9. The summed E-state index contributed by atoms with van der Waals surface area (Å²) in [6.45, 7) is 5.12.